The Bertz CT molecular complexity index is 251. The summed E-state index contributed by atoms with van der Waals surface area (Å²) in [6.07, 6.45) is 5.25. The van der Waals surface area contributed by atoms with Crippen LogP contribution >= 0.6 is 11.5 Å². The monoisotopic (exact) mass is 182 g/mol. The maximum Gasteiger partial charge on any atom is 0.101 e. The Labute approximate surface area is 77.8 Å². The zero-order valence-corrected chi connectivity index (χ0v) is 8.56. The number of rotatable bonds is 2. The summed E-state index contributed by atoms with van der Waals surface area (Å²) in [5.41, 5.74) is 0.905. The van der Waals surface area contributed by atoms with Gasteiger partial charge in [-0.25, -0.2) is 0 Å². The standard InChI is InChI=1S/C7H8N2S.C2H6/c1-3-7-6(8-4-2)5-9-10-7;1-2/h3-5H,1H2,2H3;1-2H3. The molecule has 12 heavy (non-hydrogen) atoms. The highest BCUT2D eigenvalue weighted by molar-refractivity contribution is 7.07. The zero-order valence-electron chi connectivity index (χ0n) is 7.74. The Balaban J connectivity index is 0.000000561. The molecule has 1 aromatic heterocycles. The minimum absolute atomic E-state index is 0.905. The highest BCUT2D eigenvalue weighted by Gasteiger charge is 1.96. The molecule has 0 unspecified atom stereocenters. The molecule has 0 spiro atoms. The lowest BCUT2D eigenvalue weighted by Gasteiger charge is -1.84. The van der Waals surface area contributed by atoms with Gasteiger partial charge in [0.15, 0.2) is 0 Å². The summed E-state index contributed by atoms with van der Waals surface area (Å²) in [6, 6.07) is 0. The van der Waals surface area contributed by atoms with Crippen molar-refractivity contribution in [1.29, 1.82) is 0 Å². The minimum atomic E-state index is 0.905. The van der Waals surface area contributed by atoms with E-state index in [1.807, 2.05) is 20.8 Å². The highest BCUT2D eigenvalue weighted by Crippen LogP contribution is 2.22. The molecule has 0 bridgehead atoms. The van der Waals surface area contributed by atoms with Crippen molar-refractivity contribution >= 4 is 29.5 Å². The van der Waals surface area contributed by atoms with E-state index >= 15 is 0 Å². The molecule has 0 aliphatic rings. The van der Waals surface area contributed by atoms with Gasteiger partial charge in [-0.3, -0.25) is 4.99 Å². The fourth-order valence-electron chi connectivity index (χ4n) is 0.621. The van der Waals surface area contributed by atoms with Gasteiger partial charge in [0.1, 0.15) is 5.69 Å². The molecule has 66 valence electrons. The van der Waals surface area contributed by atoms with Gasteiger partial charge in [-0.2, -0.15) is 4.37 Å². The number of aliphatic imine (C=N–C) groups is 1. The van der Waals surface area contributed by atoms with Gasteiger partial charge in [-0.15, -0.1) is 0 Å². The maximum absolute atomic E-state index is 4.09. The number of aromatic nitrogens is 1. The van der Waals surface area contributed by atoms with Crippen LogP contribution in [0.15, 0.2) is 17.8 Å². The van der Waals surface area contributed by atoms with E-state index in [2.05, 4.69) is 15.9 Å². The van der Waals surface area contributed by atoms with Crippen LogP contribution in [0.3, 0.4) is 0 Å². The van der Waals surface area contributed by atoms with Crippen LogP contribution in [-0.2, 0) is 0 Å². The summed E-state index contributed by atoms with van der Waals surface area (Å²) in [5, 5.41) is 0. The normalized spacial score (nSPS) is 9.25. The summed E-state index contributed by atoms with van der Waals surface area (Å²) >= 11 is 1.41. The second-order valence-electron chi connectivity index (χ2n) is 1.67. The average molecular weight is 182 g/mol. The largest absolute Gasteiger partial charge is 0.258 e. The molecule has 0 aromatic carbocycles. The topological polar surface area (TPSA) is 25.2 Å². The van der Waals surface area contributed by atoms with Crippen LogP contribution in [-0.4, -0.2) is 10.6 Å². The Kier molecular flexibility index (Phi) is 6.19. The molecule has 1 aromatic rings. The summed E-state index contributed by atoms with van der Waals surface area (Å²) in [5.74, 6) is 0. The molecule has 0 fully saturated rings. The molecule has 0 radical (unpaired) electrons. The lowest BCUT2D eigenvalue weighted by molar-refractivity contribution is 1.50. The molecule has 0 saturated heterocycles. The van der Waals surface area contributed by atoms with Gasteiger partial charge >= 0.3 is 0 Å². The van der Waals surface area contributed by atoms with Gasteiger partial charge in [0.05, 0.1) is 11.1 Å². The molecule has 1 rings (SSSR count). The van der Waals surface area contributed by atoms with Gasteiger partial charge in [-0.1, -0.05) is 20.4 Å². The highest BCUT2D eigenvalue weighted by atomic mass is 32.1. The Morgan fingerprint density at radius 1 is 1.58 bits per heavy atom. The molecular formula is C9H14N2S. The summed E-state index contributed by atoms with van der Waals surface area (Å²) in [6.45, 7) is 9.52. The predicted octanol–water partition coefficient (Wildman–Crippen LogP) is 3.53. The molecule has 0 saturated carbocycles. The van der Waals surface area contributed by atoms with E-state index in [0.29, 0.717) is 0 Å². The predicted molar refractivity (Wildman–Crippen MR) is 57.4 cm³/mol. The first-order valence-corrected chi connectivity index (χ1v) is 4.71. The molecule has 2 nitrogen and oxygen atoms in total. The van der Waals surface area contributed by atoms with Crippen molar-refractivity contribution in [3.8, 4) is 0 Å². The third-order valence-corrected chi connectivity index (χ3v) is 1.82. The first-order chi connectivity index (χ1) is 5.88. The van der Waals surface area contributed by atoms with E-state index in [0.717, 1.165) is 10.6 Å². The first kappa shape index (κ1) is 11.0. The quantitative estimate of drug-likeness (QED) is 0.642. The average Bonchev–Trinajstić information content (AvgIpc) is 2.56. The van der Waals surface area contributed by atoms with E-state index < -0.39 is 0 Å². The van der Waals surface area contributed by atoms with Gasteiger partial charge in [0, 0.05) is 6.21 Å². The molecule has 3 heteroatoms. The molecule has 0 amide bonds. The van der Waals surface area contributed by atoms with Crippen molar-refractivity contribution in [2.24, 2.45) is 4.99 Å². The molecule has 0 aliphatic carbocycles. The van der Waals surface area contributed by atoms with Crippen molar-refractivity contribution in [1.82, 2.24) is 4.37 Å². The third kappa shape index (κ3) is 2.96. The van der Waals surface area contributed by atoms with E-state index in [9.17, 15) is 0 Å². The van der Waals surface area contributed by atoms with Crippen molar-refractivity contribution < 1.29 is 0 Å². The Morgan fingerprint density at radius 2 is 2.25 bits per heavy atom. The second kappa shape index (κ2) is 6.73. The second-order valence-corrected chi connectivity index (χ2v) is 2.50. The smallest absolute Gasteiger partial charge is 0.101 e. The Hall–Kier alpha value is -0.960. The lowest BCUT2D eigenvalue weighted by atomic mass is 10.4. The fourth-order valence-corrected chi connectivity index (χ4v) is 1.16. The molecule has 1 heterocycles. The van der Waals surface area contributed by atoms with E-state index in [4.69, 9.17) is 0 Å². The summed E-state index contributed by atoms with van der Waals surface area (Å²) in [7, 11) is 0. The molecule has 0 atom stereocenters. The van der Waals surface area contributed by atoms with Gasteiger partial charge in [0.25, 0.3) is 0 Å². The van der Waals surface area contributed by atoms with Crippen molar-refractivity contribution in [3.63, 3.8) is 0 Å². The van der Waals surface area contributed by atoms with Crippen LogP contribution in [0.4, 0.5) is 5.69 Å². The number of hydrogen-bond acceptors (Lipinski definition) is 3. The van der Waals surface area contributed by atoms with Crippen molar-refractivity contribution in [2.75, 3.05) is 0 Å². The van der Waals surface area contributed by atoms with Gasteiger partial charge in [0.2, 0.25) is 0 Å². The van der Waals surface area contributed by atoms with E-state index in [1.165, 1.54) is 11.5 Å². The lowest BCUT2D eigenvalue weighted by Crippen LogP contribution is -1.61. The zero-order chi connectivity index (χ0) is 9.40. The summed E-state index contributed by atoms with van der Waals surface area (Å²) < 4.78 is 3.97. The van der Waals surface area contributed by atoms with Crippen molar-refractivity contribution in [3.05, 3.63) is 17.7 Å². The molecule has 0 N–H and O–H groups in total. The minimum Gasteiger partial charge on any atom is -0.258 e. The van der Waals surface area contributed by atoms with Crippen LogP contribution < -0.4 is 0 Å². The van der Waals surface area contributed by atoms with Crippen LogP contribution in [0.1, 0.15) is 25.6 Å². The van der Waals surface area contributed by atoms with Crippen LogP contribution in [0.25, 0.3) is 6.08 Å². The van der Waals surface area contributed by atoms with Crippen molar-refractivity contribution in [2.45, 2.75) is 20.8 Å². The SMILES string of the molecule is C=Cc1sncc1N=CC.CC. The van der Waals surface area contributed by atoms with E-state index in [1.54, 1.807) is 18.5 Å². The number of hydrogen-bond donors (Lipinski definition) is 0. The maximum atomic E-state index is 4.09. The number of nitrogens with zero attached hydrogens (tertiary/aromatic N) is 2. The molecular weight excluding hydrogens is 168 g/mol. The van der Waals surface area contributed by atoms with Crippen LogP contribution in [0, 0.1) is 0 Å². The van der Waals surface area contributed by atoms with Crippen LogP contribution in [0.5, 0.6) is 0 Å². The first-order valence-electron chi connectivity index (χ1n) is 3.94. The fraction of sp³-hybridized carbons (Fsp3) is 0.333. The van der Waals surface area contributed by atoms with E-state index in [-0.39, 0.29) is 0 Å². The summed E-state index contributed by atoms with van der Waals surface area (Å²) in [4.78, 5) is 5.12. The van der Waals surface area contributed by atoms with Crippen LogP contribution in [0.2, 0.25) is 0 Å². The molecule has 0 aliphatic heterocycles. The Morgan fingerprint density at radius 3 is 2.75 bits per heavy atom. The van der Waals surface area contributed by atoms with Gasteiger partial charge in [-0.05, 0) is 24.5 Å². The van der Waals surface area contributed by atoms with Gasteiger partial charge < -0.3 is 0 Å². The third-order valence-electron chi connectivity index (χ3n) is 1.03.